The molecule has 0 heterocycles. The average Bonchev–Trinajstić information content (AvgIpc) is 1.51. The second kappa shape index (κ2) is 2.49. The maximum Gasteiger partial charge on any atom is -0.0258 e. The zero-order valence-electron chi connectivity index (χ0n) is 8.28. The molecule has 0 N–H and O–H groups in total. The van der Waals surface area contributed by atoms with Crippen LogP contribution in [-0.4, -0.2) is 0 Å². The first kappa shape index (κ1) is 10.1. The number of hydrogen-bond donors (Lipinski definition) is 0. The maximum atomic E-state index is 2.39. The Labute approximate surface area is 77.7 Å². The van der Waals surface area contributed by atoms with Gasteiger partial charge in [0.25, 0.3) is 0 Å². The van der Waals surface area contributed by atoms with Gasteiger partial charge >= 0.3 is 0 Å². The molecule has 0 aliphatic heterocycles. The van der Waals surface area contributed by atoms with Crippen molar-refractivity contribution >= 4 is 0 Å². The lowest BCUT2D eigenvalue weighted by Crippen LogP contribution is -2.66. The normalized spacial score (nSPS) is 43.5. The second-order valence-corrected chi connectivity index (χ2v) is 5.56. The van der Waals surface area contributed by atoms with Crippen LogP contribution in [0.3, 0.4) is 0 Å². The first-order chi connectivity index (χ1) is 5.01. The molecule has 3 rings (SSSR count). The van der Waals surface area contributed by atoms with Gasteiger partial charge in [-0.05, 0) is 41.9 Å². The maximum absolute atomic E-state index is 2.39. The number of rotatable bonds is 2. The van der Waals surface area contributed by atoms with Crippen molar-refractivity contribution in [3.63, 3.8) is 0 Å². The predicted octanol–water partition coefficient (Wildman–Crippen LogP) is 4.10. The molecule has 72 valence electrons. The van der Waals surface area contributed by atoms with Gasteiger partial charge < -0.3 is 0 Å². The largest absolute Gasteiger partial charge is 0.0776 e. The highest BCUT2D eigenvalue weighted by Gasteiger charge is 2.69. The molecule has 3 aliphatic rings. The van der Waals surface area contributed by atoms with E-state index in [4.69, 9.17) is 0 Å². The van der Waals surface area contributed by atoms with Crippen molar-refractivity contribution in [2.45, 2.75) is 54.4 Å². The van der Waals surface area contributed by atoms with Gasteiger partial charge in [-0.25, -0.2) is 0 Å². The third-order valence-corrected chi connectivity index (χ3v) is 4.56. The Kier molecular flexibility index (Phi) is 2.10. The topological polar surface area (TPSA) is 0 Å². The van der Waals surface area contributed by atoms with E-state index in [-0.39, 0.29) is 7.43 Å². The van der Waals surface area contributed by atoms with Crippen LogP contribution in [0.25, 0.3) is 0 Å². The van der Waals surface area contributed by atoms with E-state index >= 15 is 0 Å². The lowest BCUT2D eigenvalue weighted by molar-refractivity contribution is -0.252. The van der Waals surface area contributed by atoms with E-state index < -0.39 is 0 Å². The highest BCUT2D eigenvalue weighted by atomic mass is 14.7. The zero-order chi connectivity index (χ0) is 8.28. The lowest BCUT2D eigenvalue weighted by Gasteiger charge is -2.75. The van der Waals surface area contributed by atoms with Gasteiger partial charge in [-0.1, -0.05) is 35.1 Å². The van der Waals surface area contributed by atoms with Gasteiger partial charge in [-0.3, -0.25) is 0 Å². The van der Waals surface area contributed by atoms with E-state index in [1.807, 2.05) is 0 Å². The highest BCUT2D eigenvalue weighted by molar-refractivity contribution is 5.18. The molecule has 0 nitrogen and oxygen atoms in total. The van der Waals surface area contributed by atoms with Crippen LogP contribution in [0.1, 0.15) is 54.4 Å². The molecule has 0 radical (unpaired) electrons. The standard InChI is InChI=1S/C11H20.CH4/c1-8(2)10-5-11(6-10,7-10)9(3)4;/h8-9H,5-7H2,1-4H3;1H4. The molecular weight excluding hydrogens is 144 g/mol. The minimum Gasteiger partial charge on any atom is -0.0776 e. The first-order valence-corrected chi connectivity index (χ1v) is 5.01. The summed E-state index contributed by atoms with van der Waals surface area (Å²) in [4.78, 5) is 0. The molecule has 12 heavy (non-hydrogen) atoms. The SMILES string of the molecule is C.CC(C)C12CC(C(C)C)(C1)C2. The van der Waals surface area contributed by atoms with Crippen molar-refractivity contribution in [2.75, 3.05) is 0 Å². The average molecular weight is 168 g/mol. The Balaban J connectivity index is 0.000000720. The van der Waals surface area contributed by atoms with Crippen LogP contribution in [0.15, 0.2) is 0 Å². The molecule has 0 aromatic heterocycles. The minimum absolute atomic E-state index is 0. The van der Waals surface area contributed by atoms with Crippen molar-refractivity contribution in [2.24, 2.45) is 22.7 Å². The van der Waals surface area contributed by atoms with Crippen LogP contribution in [0.5, 0.6) is 0 Å². The fourth-order valence-electron chi connectivity index (χ4n) is 3.17. The fourth-order valence-corrected chi connectivity index (χ4v) is 3.17. The molecule has 3 fully saturated rings. The van der Waals surface area contributed by atoms with Gasteiger partial charge in [0.1, 0.15) is 0 Å². The van der Waals surface area contributed by atoms with E-state index in [1.165, 1.54) is 19.3 Å². The molecule has 0 aromatic carbocycles. The quantitative estimate of drug-likeness (QED) is 0.582. The molecule has 3 aliphatic carbocycles. The fraction of sp³-hybridized carbons (Fsp3) is 1.00. The van der Waals surface area contributed by atoms with Gasteiger partial charge in [0.2, 0.25) is 0 Å². The third-order valence-electron chi connectivity index (χ3n) is 4.56. The van der Waals surface area contributed by atoms with Crippen molar-refractivity contribution in [3.05, 3.63) is 0 Å². The number of hydrogen-bond acceptors (Lipinski definition) is 0. The van der Waals surface area contributed by atoms with E-state index in [2.05, 4.69) is 27.7 Å². The molecule has 0 aromatic rings. The van der Waals surface area contributed by atoms with Crippen LogP contribution in [0, 0.1) is 22.7 Å². The van der Waals surface area contributed by atoms with E-state index in [1.54, 1.807) is 0 Å². The van der Waals surface area contributed by atoms with E-state index in [0.29, 0.717) is 0 Å². The van der Waals surface area contributed by atoms with Crippen LogP contribution in [0.4, 0.5) is 0 Å². The summed E-state index contributed by atoms with van der Waals surface area (Å²) in [6, 6.07) is 0. The summed E-state index contributed by atoms with van der Waals surface area (Å²) in [5, 5.41) is 0. The van der Waals surface area contributed by atoms with Crippen LogP contribution >= 0.6 is 0 Å². The highest BCUT2D eigenvalue weighted by Crippen LogP contribution is 2.78. The first-order valence-electron chi connectivity index (χ1n) is 5.01. The second-order valence-electron chi connectivity index (χ2n) is 5.56. The molecule has 0 amide bonds. The van der Waals surface area contributed by atoms with Gasteiger partial charge in [0.05, 0.1) is 0 Å². The van der Waals surface area contributed by atoms with E-state index in [9.17, 15) is 0 Å². The Morgan fingerprint density at radius 3 is 1.17 bits per heavy atom. The Morgan fingerprint density at radius 1 is 0.750 bits per heavy atom. The Bertz CT molecular complexity index is 139. The smallest absolute Gasteiger partial charge is 0.0258 e. The summed E-state index contributed by atoms with van der Waals surface area (Å²) in [5.41, 5.74) is 1.62. The third kappa shape index (κ3) is 0.900. The van der Waals surface area contributed by atoms with Gasteiger partial charge in [-0.2, -0.15) is 0 Å². The molecule has 2 bridgehead atoms. The monoisotopic (exact) mass is 168 g/mol. The summed E-state index contributed by atoms with van der Waals surface area (Å²) in [5.74, 6) is 1.87. The van der Waals surface area contributed by atoms with Crippen molar-refractivity contribution in [1.29, 1.82) is 0 Å². The van der Waals surface area contributed by atoms with Gasteiger partial charge in [0, 0.05) is 0 Å². The van der Waals surface area contributed by atoms with Crippen LogP contribution in [0.2, 0.25) is 0 Å². The zero-order valence-corrected chi connectivity index (χ0v) is 8.28. The summed E-state index contributed by atoms with van der Waals surface area (Å²) in [6.45, 7) is 9.57. The van der Waals surface area contributed by atoms with Crippen molar-refractivity contribution in [1.82, 2.24) is 0 Å². The van der Waals surface area contributed by atoms with Crippen molar-refractivity contribution in [3.8, 4) is 0 Å². The van der Waals surface area contributed by atoms with Gasteiger partial charge in [0.15, 0.2) is 0 Å². The summed E-state index contributed by atoms with van der Waals surface area (Å²) in [7, 11) is 0. The lowest BCUT2D eigenvalue weighted by atomic mass is 9.30. The molecule has 0 spiro atoms. The van der Waals surface area contributed by atoms with Crippen LogP contribution < -0.4 is 0 Å². The molecule has 0 saturated heterocycles. The molecule has 0 unspecified atom stereocenters. The Hall–Kier alpha value is 0. The minimum atomic E-state index is 0. The summed E-state index contributed by atoms with van der Waals surface area (Å²) in [6.07, 6.45) is 4.61. The molecular formula is C12H24. The summed E-state index contributed by atoms with van der Waals surface area (Å²) < 4.78 is 0. The predicted molar refractivity (Wildman–Crippen MR) is 55.1 cm³/mol. The molecule has 0 heteroatoms. The molecule has 3 saturated carbocycles. The van der Waals surface area contributed by atoms with Gasteiger partial charge in [-0.15, -0.1) is 0 Å². The molecule has 0 atom stereocenters. The summed E-state index contributed by atoms with van der Waals surface area (Å²) >= 11 is 0. The van der Waals surface area contributed by atoms with Crippen molar-refractivity contribution < 1.29 is 0 Å². The Morgan fingerprint density at radius 2 is 1.00 bits per heavy atom. The van der Waals surface area contributed by atoms with E-state index in [0.717, 1.165) is 22.7 Å². The van der Waals surface area contributed by atoms with Crippen LogP contribution in [-0.2, 0) is 0 Å².